The Morgan fingerprint density at radius 1 is 1.65 bits per heavy atom. The van der Waals surface area contributed by atoms with E-state index in [2.05, 4.69) is 30.0 Å². The third-order valence-corrected chi connectivity index (χ3v) is 3.67. The smallest absolute Gasteiger partial charge is 0.220 e. The van der Waals surface area contributed by atoms with E-state index in [1.165, 1.54) is 0 Å². The molecule has 2 rings (SSSR count). The van der Waals surface area contributed by atoms with Gasteiger partial charge in [-0.25, -0.2) is 4.98 Å². The third-order valence-electron chi connectivity index (χ3n) is 3.67. The average Bonchev–Trinajstić information content (AvgIpc) is 2.83. The highest BCUT2D eigenvalue weighted by Gasteiger charge is 2.33. The van der Waals surface area contributed by atoms with Crippen LogP contribution in [0.5, 0.6) is 0 Å². The van der Waals surface area contributed by atoms with Crippen molar-refractivity contribution in [3.8, 4) is 0 Å². The summed E-state index contributed by atoms with van der Waals surface area (Å²) in [5.74, 6) is 0.0827. The first-order valence-electron chi connectivity index (χ1n) is 7.07. The van der Waals surface area contributed by atoms with E-state index in [1.54, 1.807) is 13.0 Å². The zero-order chi connectivity index (χ0) is 14.7. The van der Waals surface area contributed by atoms with E-state index in [0.29, 0.717) is 25.8 Å². The Kier molecular flexibility index (Phi) is 4.60. The van der Waals surface area contributed by atoms with Gasteiger partial charge in [0.1, 0.15) is 0 Å². The van der Waals surface area contributed by atoms with Crippen molar-refractivity contribution in [3.05, 3.63) is 30.4 Å². The van der Waals surface area contributed by atoms with Crippen LogP contribution in [0.25, 0.3) is 0 Å². The Labute approximate surface area is 120 Å². The fourth-order valence-electron chi connectivity index (χ4n) is 2.72. The largest absolute Gasteiger partial charge is 0.375 e. The van der Waals surface area contributed by atoms with Crippen LogP contribution in [0.2, 0.25) is 0 Å². The number of carbonyl (C=O) groups excluding carboxylic acids is 1. The number of rotatable bonds is 5. The van der Waals surface area contributed by atoms with E-state index in [0.717, 1.165) is 17.8 Å². The first-order chi connectivity index (χ1) is 9.56. The van der Waals surface area contributed by atoms with Gasteiger partial charge in [-0.3, -0.25) is 4.79 Å². The Balaban J connectivity index is 2.33. The van der Waals surface area contributed by atoms with Crippen LogP contribution in [0.4, 0.5) is 0 Å². The number of amides is 1. The second-order valence-corrected chi connectivity index (χ2v) is 5.38. The zero-order valence-electron chi connectivity index (χ0n) is 12.5. The van der Waals surface area contributed by atoms with Crippen molar-refractivity contribution in [1.29, 1.82) is 0 Å². The van der Waals surface area contributed by atoms with Crippen molar-refractivity contribution in [2.75, 3.05) is 19.8 Å². The van der Waals surface area contributed by atoms with Gasteiger partial charge in [0.2, 0.25) is 5.91 Å². The summed E-state index contributed by atoms with van der Waals surface area (Å²) < 4.78 is 7.76. The molecule has 0 unspecified atom stereocenters. The highest BCUT2D eigenvalue weighted by Crippen LogP contribution is 2.31. The maximum atomic E-state index is 11.9. The normalized spacial score (nSPS) is 18.2. The minimum atomic E-state index is -0.0545. The molecule has 1 aromatic heterocycles. The summed E-state index contributed by atoms with van der Waals surface area (Å²) in [7, 11) is 0. The Morgan fingerprint density at radius 2 is 2.40 bits per heavy atom. The molecule has 0 saturated heterocycles. The van der Waals surface area contributed by atoms with E-state index in [1.807, 2.05) is 11.2 Å². The van der Waals surface area contributed by atoms with E-state index in [4.69, 9.17) is 4.74 Å². The van der Waals surface area contributed by atoms with Crippen LogP contribution in [0, 0.1) is 0 Å². The summed E-state index contributed by atoms with van der Waals surface area (Å²) in [6.45, 7) is 11.2. The molecule has 5 heteroatoms. The fraction of sp³-hybridized carbons (Fsp3) is 0.600. The van der Waals surface area contributed by atoms with Gasteiger partial charge in [0.25, 0.3) is 0 Å². The average molecular weight is 277 g/mol. The van der Waals surface area contributed by atoms with E-state index in [9.17, 15) is 4.79 Å². The quantitative estimate of drug-likeness (QED) is 0.612. The molecule has 0 spiro atoms. The second kappa shape index (κ2) is 6.22. The van der Waals surface area contributed by atoms with Gasteiger partial charge in [0.05, 0.1) is 37.0 Å². The third kappa shape index (κ3) is 2.77. The van der Waals surface area contributed by atoms with Crippen molar-refractivity contribution < 1.29 is 9.53 Å². The van der Waals surface area contributed by atoms with Crippen LogP contribution in [0.3, 0.4) is 0 Å². The number of nitrogens with zero attached hydrogens (tertiary/aromatic N) is 3. The monoisotopic (exact) mass is 277 g/mol. The minimum Gasteiger partial charge on any atom is -0.375 e. The highest BCUT2D eigenvalue weighted by atomic mass is 16.5. The van der Waals surface area contributed by atoms with Crippen LogP contribution in [-0.2, 0) is 16.0 Å². The summed E-state index contributed by atoms with van der Waals surface area (Å²) in [4.78, 5) is 18.3. The number of aromatic nitrogens is 2. The van der Waals surface area contributed by atoms with Gasteiger partial charge in [-0.1, -0.05) is 6.08 Å². The van der Waals surface area contributed by atoms with Crippen LogP contribution >= 0.6 is 0 Å². The molecule has 0 aliphatic carbocycles. The minimum absolute atomic E-state index is 0.0545. The standard InChI is InChI=1S/C15H23N3O2/c1-5-8-20-9-14-15-13(6-7-17(14)12(4)19)16-10-18(15)11(2)3/h5,10-11,14H,1,6-9H2,2-4H3/t14-/m1/s1. The van der Waals surface area contributed by atoms with Crippen LogP contribution in [0.15, 0.2) is 19.0 Å². The first-order valence-corrected chi connectivity index (χ1v) is 7.07. The number of imidazole rings is 1. The topological polar surface area (TPSA) is 47.4 Å². The molecule has 20 heavy (non-hydrogen) atoms. The summed E-state index contributed by atoms with van der Waals surface area (Å²) in [6.07, 6.45) is 4.41. The lowest BCUT2D eigenvalue weighted by atomic mass is 10.0. The predicted molar refractivity (Wildman–Crippen MR) is 77.5 cm³/mol. The number of ether oxygens (including phenoxy) is 1. The Hall–Kier alpha value is -1.62. The molecule has 1 aliphatic rings. The first kappa shape index (κ1) is 14.8. The molecule has 0 fully saturated rings. The second-order valence-electron chi connectivity index (χ2n) is 5.38. The summed E-state index contributed by atoms with van der Waals surface area (Å²) in [6, 6.07) is 0.265. The van der Waals surface area contributed by atoms with Gasteiger partial charge in [-0.2, -0.15) is 0 Å². The fourth-order valence-corrected chi connectivity index (χ4v) is 2.72. The van der Waals surface area contributed by atoms with Crippen molar-refractivity contribution in [2.24, 2.45) is 0 Å². The molecule has 1 atom stereocenters. The van der Waals surface area contributed by atoms with Gasteiger partial charge in [0.15, 0.2) is 0 Å². The molecular weight excluding hydrogens is 254 g/mol. The van der Waals surface area contributed by atoms with Crippen LogP contribution < -0.4 is 0 Å². The van der Waals surface area contributed by atoms with Gasteiger partial charge < -0.3 is 14.2 Å². The molecule has 0 radical (unpaired) electrons. The lowest BCUT2D eigenvalue weighted by Crippen LogP contribution is -2.42. The Bertz CT molecular complexity index is 493. The van der Waals surface area contributed by atoms with Gasteiger partial charge in [0, 0.05) is 25.9 Å². The molecule has 0 N–H and O–H groups in total. The van der Waals surface area contributed by atoms with Crippen molar-refractivity contribution in [1.82, 2.24) is 14.5 Å². The molecule has 5 nitrogen and oxygen atoms in total. The van der Waals surface area contributed by atoms with Gasteiger partial charge in [-0.15, -0.1) is 6.58 Å². The lowest BCUT2D eigenvalue weighted by molar-refractivity contribution is -0.133. The molecular formula is C15H23N3O2. The molecule has 0 aromatic carbocycles. The highest BCUT2D eigenvalue weighted by molar-refractivity contribution is 5.74. The van der Waals surface area contributed by atoms with E-state index in [-0.39, 0.29) is 11.9 Å². The summed E-state index contributed by atoms with van der Waals surface area (Å²) in [5, 5.41) is 0. The van der Waals surface area contributed by atoms with E-state index < -0.39 is 0 Å². The van der Waals surface area contributed by atoms with Gasteiger partial charge in [-0.05, 0) is 13.8 Å². The van der Waals surface area contributed by atoms with Crippen molar-refractivity contribution in [2.45, 2.75) is 39.3 Å². The summed E-state index contributed by atoms with van der Waals surface area (Å²) in [5.41, 5.74) is 2.20. The van der Waals surface area contributed by atoms with Crippen molar-refractivity contribution >= 4 is 5.91 Å². The van der Waals surface area contributed by atoms with Crippen molar-refractivity contribution in [3.63, 3.8) is 0 Å². The number of fused-ring (bicyclic) bond motifs is 1. The number of carbonyl (C=O) groups is 1. The molecule has 110 valence electrons. The summed E-state index contributed by atoms with van der Waals surface area (Å²) >= 11 is 0. The zero-order valence-corrected chi connectivity index (χ0v) is 12.5. The number of hydrogen-bond acceptors (Lipinski definition) is 3. The molecule has 2 heterocycles. The molecule has 1 aromatic rings. The van der Waals surface area contributed by atoms with E-state index >= 15 is 0 Å². The lowest BCUT2D eigenvalue weighted by Gasteiger charge is -2.36. The SMILES string of the molecule is C=CCOC[C@@H]1c2c(ncn2C(C)C)CCN1C(C)=O. The Morgan fingerprint density at radius 3 is 3.00 bits per heavy atom. The van der Waals surface area contributed by atoms with Gasteiger partial charge >= 0.3 is 0 Å². The van der Waals surface area contributed by atoms with Crippen LogP contribution in [-0.4, -0.2) is 40.1 Å². The maximum absolute atomic E-state index is 11.9. The molecule has 1 aliphatic heterocycles. The predicted octanol–water partition coefficient (Wildman–Crippen LogP) is 2.11. The molecule has 0 saturated carbocycles. The molecule has 1 amide bonds. The molecule has 0 bridgehead atoms. The number of hydrogen-bond donors (Lipinski definition) is 0. The maximum Gasteiger partial charge on any atom is 0.220 e. The van der Waals surface area contributed by atoms with Crippen LogP contribution in [0.1, 0.15) is 44.2 Å².